The number of carbonyl (C=O) groups is 2. The maximum atomic E-state index is 12.7. The number of hydrogen-bond donors (Lipinski definition) is 0. The number of rotatable bonds is 5. The van der Waals surface area contributed by atoms with Crippen molar-refractivity contribution in [2.45, 2.75) is 39.5 Å². The fourth-order valence-electron chi connectivity index (χ4n) is 3.73. The summed E-state index contributed by atoms with van der Waals surface area (Å²) in [5.74, 6) is 0.0876. The number of amides is 1. The van der Waals surface area contributed by atoms with E-state index in [1.807, 2.05) is 30.5 Å². The zero-order chi connectivity index (χ0) is 18.7. The number of aromatic nitrogens is 3. The number of carbonyl (C=O) groups excluding carboxylic acids is 2. The van der Waals surface area contributed by atoms with Crippen LogP contribution in [0.5, 0.6) is 0 Å². The molecule has 0 N–H and O–H groups in total. The molecule has 2 aromatic heterocycles. The Balaban J connectivity index is 1.60. The lowest BCUT2D eigenvalue weighted by atomic mass is 9.90. The molecule has 6 nitrogen and oxygen atoms in total. The van der Waals surface area contributed by atoms with Gasteiger partial charge in [0.15, 0.2) is 5.78 Å². The molecular formula is C20H26N4O2. The summed E-state index contributed by atoms with van der Waals surface area (Å²) in [7, 11) is 1.92. The third-order valence-electron chi connectivity index (χ3n) is 5.34. The van der Waals surface area contributed by atoms with E-state index in [9.17, 15) is 9.59 Å². The van der Waals surface area contributed by atoms with Crippen LogP contribution in [0, 0.1) is 19.8 Å². The Labute approximate surface area is 154 Å². The van der Waals surface area contributed by atoms with Crippen molar-refractivity contribution in [3.8, 4) is 0 Å². The zero-order valence-electron chi connectivity index (χ0n) is 15.7. The van der Waals surface area contributed by atoms with Gasteiger partial charge in [0.2, 0.25) is 5.91 Å². The zero-order valence-corrected chi connectivity index (χ0v) is 15.7. The van der Waals surface area contributed by atoms with E-state index in [0.29, 0.717) is 24.9 Å². The lowest BCUT2D eigenvalue weighted by Crippen LogP contribution is -2.42. The van der Waals surface area contributed by atoms with Gasteiger partial charge >= 0.3 is 0 Å². The number of nitrogens with zero attached hydrogens (tertiary/aromatic N) is 4. The molecule has 1 amide bonds. The Kier molecular flexibility index (Phi) is 5.49. The summed E-state index contributed by atoms with van der Waals surface area (Å²) in [6, 6.07) is 3.57. The van der Waals surface area contributed by atoms with Crippen LogP contribution in [0.15, 0.2) is 24.5 Å². The molecule has 1 aliphatic heterocycles. The molecule has 6 heteroatoms. The smallest absolute Gasteiger partial charge is 0.222 e. The van der Waals surface area contributed by atoms with Crippen LogP contribution in [0.25, 0.3) is 0 Å². The highest BCUT2D eigenvalue weighted by Crippen LogP contribution is 2.22. The normalized spacial score (nSPS) is 17.3. The second-order valence-corrected chi connectivity index (χ2v) is 7.06. The maximum absolute atomic E-state index is 12.7. The molecule has 0 aromatic carbocycles. The average Bonchev–Trinajstić information content (AvgIpc) is 2.91. The maximum Gasteiger partial charge on any atom is 0.222 e. The highest BCUT2D eigenvalue weighted by Gasteiger charge is 2.29. The van der Waals surface area contributed by atoms with Gasteiger partial charge in [0.05, 0.1) is 5.69 Å². The van der Waals surface area contributed by atoms with E-state index in [0.717, 1.165) is 36.3 Å². The highest BCUT2D eigenvalue weighted by molar-refractivity contribution is 5.98. The van der Waals surface area contributed by atoms with Gasteiger partial charge in [-0.1, -0.05) is 0 Å². The molecule has 1 saturated heterocycles. The lowest BCUT2D eigenvalue weighted by Gasteiger charge is -2.32. The first-order chi connectivity index (χ1) is 12.5. The van der Waals surface area contributed by atoms with Gasteiger partial charge in [0.1, 0.15) is 0 Å². The van der Waals surface area contributed by atoms with Gasteiger partial charge in [-0.05, 0) is 50.8 Å². The van der Waals surface area contributed by atoms with E-state index in [4.69, 9.17) is 0 Å². The van der Waals surface area contributed by atoms with Gasteiger partial charge in [-0.3, -0.25) is 19.3 Å². The fraction of sp³-hybridized carbons (Fsp3) is 0.500. The minimum absolute atomic E-state index is 0.0922. The molecule has 3 rings (SSSR count). The molecule has 3 heterocycles. The SMILES string of the molecule is Cc1nn(C)c(C)c1CCC(=O)N1CCCC(C(=O)c2cccnc2)C1. The number of likely N-dealkylation sites (tertiary alicyclic amines) is 1. The summed E-state index contributed by atoms with van der Waals surface area (Å²) in [5, 5.41) is 4.41. The Bertz CT molecular complexity index is 798. The van der Waals surface area contributed by atoms with E-state index in [-0.39, 0.29) is 17.6 Å². The standard InChI is InChI=1S/C20H26N4O2/c1-14-18(15(2)23(3)22-14)8-9-19(25)24-11-5-7-17(13-24)20(26)16-6-4-10-21-12-16/h4,6,10,12,17H,5,7-9,11,13H2,1-3H3. The van der Waals surface area contributed by atoms with Crippen LogP contribution in [0.1, 0.15) is 46.6 Å². The Morgan fingerprint density at radius 1 is 1.31 bits per heavy atom. The number of pyridine rings is 1. The molecule has 0 spiro atoms. The van der Waals surface area contributed by atoms with Gasteiger partial charge in [0, 0.05) is 56.1 Å². The monoisotopic (exact) mass is 354 g/mol. The van der Waals surface area contributed by atoms with Crippen molar-refractivity contribution in [2.24, 2.45) is 13.0 Å². The van der Waals surface area contributed by atoms with Crippen molar-refractivity contribution >= 4 is 11.7 Å². The van der Waals surface area contributed by atoms with Crippen LogP contribution in [0.4, 0.5) is 0 Å². The first kappa shape index (κ1) is 18.3. The van der Waals surface area contributed by atoms with E-state index in [1.165, 1.54) is 0 Å². The van der Waals surface area contributed by atoms with Crippen molar-refractivity contribution in [1.29, 1.82) is 0 Å². The first-order valence-electron chi connectivity index (χ1n) is 9.18. The number of aryl methyl sites for hydroxylation is 2. The molecule has 0 bridgehead atoms. The molecule has 1 atom stereocenters. The van der Waals surface area contributed by atoms with Crippen molar-refractivity contribution in [3.05, 3.63) is 47.0 Å². The molecule has 26 heavy (non-hydrogen) atoms. The third-order valence-corrected chi connectivity index (χ3v) is 5.34. The summed E-state index contributed by atoms with van der Waals surface area (Å²) < 4.78 is 1.86. The molecule has 1 unspecified atom stereocenters. The van der Waals surface area contributed by atoms with Crippen LogP contribution >= 0.6 is 0 Å². The van der Waals surface area contributed by atoms with Crippen LogP contribution < -0.4 is 0 Å². The molecule has 1 aliphatic rings. The highest BCUT2D eigenvalue weighted by atomic mass is 16.2. The Hall–Kier alpha value is -2.50. The van der Waals surface area contributed by atoms with Crippen molar-refractivity contribution in [3.63, 3.8) is 0 Å². The van der Waals surface area contributed by atoms with Gasteiger partial charge < -0.3 is 4.90 Å². The number of ketones is 1. The second kappa shape index (κ2) is 7.81. The van der Waals surface area contributed by atoms with Crippen molar-refractivity contribution in [2.75, 3.05) is 13.1 Å². The number of piperidine rings is 1. The predicted molar refractivity (Wildman–Crippen MR) is 98.9 cm³/mol. The van der Waals surface area contributed by atoms with Crippen LogP contribution in [-0.2, 0) is 18.3 Å². The van der Waals surface area contributed by atoms with E-state index >= 15 is 0 Å². The molecule has 0 radical (unpaired) electrons. The van der Waals surface area contributed by atoms with E-state index < -0.39 is 0 Å². The molecule has 138 valence electrons. The average molecular weight is 354 g/mol. The summed E-state index contributed by atoms with van der Waals surface area (Å²) in [4.78, 5) is 31.2. The summed E-state index contributed by atoms with van der Waals surface area (Å²) in [6.07, 6.45) is 6.13. The van der Waals surface area contributed by atoms with Crippen molar-refractivity contribution in [1.82, 2.24) is 19.7 Å². The Morgan fingerprint density at radius 2 is 2.12 bits per heavy atom. The lowest BCUT2D eigenvalue weighted by molar-refractivity contribution is -0.132. The first-order valence-corrected chi connectivity index (χ1v) is 9.18. The molecular weight excluding hydrogens is 328 g/mol. The largest absolute Gasteiger partial charge is 0.342 e. The summed E-state index contributed by atoms with van der Waals surface area (Å²) >= 11 is 0. The fourth-order valence-corrected chi connectivity index (χ4v) is 3.73. The van der Waals surface area contributed by atoms with Crippen LogP contribution in [0.2, 0.25) is 0 Å². The number of Topliss-reactive ketones (excluding diaryl/α,β-unsaturated/α-hetero) is 1. The van der Waals surface area contributed by atoms with Gasteiger partial charge in [-0.25, -0.2) is 0 Å². The van der Waals surface area contributed by atoms with Crippen molar-refractivity contribution < 1.29 is 9.59 Å². The Morgan fingerprint density at radius 3 is 2.77 bits per heavy atom. The van der Waals surface area contributed by atoms with E-state index in [1.54, 1.807) is 24.5 Å². The van der Waals surface area contributed by atoms with E-state index in [2.05, 4.69) is 10.1 Å². The second-order valence-electron chi connectivity index (χ2n) is 7.06. The minimum atomic E-state index is -0.126. The number of hydrogen-bond acceptors (Lipinski definition) is 4. The third kappa shape index (κ3) is 3.84. The predicted octanol–water partition coefficient (Wildman–Crippen LogP) is 2.49. The molecule has 0 saturated carbocycles. The molecule has 1 fully saturated rings. The minimum Gasteiger partial charge on any atom is -0.342 e. The van der Waals surface area contributed by atoms with Crippen LogP contribution in [-0.4, -0.2) is 44.4 Å². The van der Waals surface area contributed by atoms with Crippen LogP contribution in [0.3, 0.4) is 0 Å². The molecule has 0 aliphatic carbocycles. The molecule has 2 aromatic rings. The summed E-state index contributed by atoms with van der Waals surface area (Å²) in [5.41, 5.74) is 3.88. The quantitative estimate of drug-likeness (QED) is 0.774. The summed E-state index contributed by atoms with van der Waals surface area (Å²) in [6.45, 7) is 5.26. The van der Waals surface area contributed by atoms with Gasteiger partial charge in [-0.15, -0.1) is 0 Å². The van der Waals surface area contributed by atoms with Gasteiger partial charge in [0.25, 0.3) is 0 Å². The topological polar surface area (TPSA) is 68.1 Å². The van der Waals surface area contributed by atoms with Gasteiger partial charge in [-0.2, -0.15) is 5.10 Å².